The van der Waals surface area contributed by atoms with Crippen molar-refractivity contribution in [3.8, 4) is 11.6 Å². The number of hydrogen-bond donors (Lipinski definition) is 0. The maximum absolute atomic E-state index is 13.5. The minimum Gasteiger partial charge on any atom is -0.858 e. The summed E-state index contributed by atoms with van der Waals surface area (Å²) in [5.41, 5.74) is 2.45. The number of aromatic nitrogens is 3. The topological polar surface area (TPSA) is 82.1 Å². The Morgan fingerprint density at radius 1 is 1.03 bits per heavy atom. The van der Waals surface area contributed by atoms with E-state index in [2.05, 4.69) is 5.10 Å². The van der Waals surface area contributed by atoms with Gasteiger partial charge in [0.2, 0.25) is 0 Å². The number of carbonyl (C=O) groups is 2. The van der Waals surface area contributed by atoms with Crippen LogP contribution in [-0.2, 0) is 16.0 Å². The third kappa shape index (κ3) is 3.58. The fourth-order valence-electron chi connectivity index (χ4n) is 3.81. The lowest BCUT2D eigenvalue weighted by Gasteiger charge is -2.15. The van der Waals surface area contributed by atoms with Crippen molar-refractivity contribution in [2.75, 3.05) is 6.54 Å². The van der Waals surface area contributed by atoms with Gasteiger partial charge >= 0.3 is 5.91 Å². The number of nitrogens with zero attached hydrogens (tertiary/aromatic N) is 4. The van der Waals surface area contributed by atoms with Crippen LogP contribution in [-0.4, -0.2) is 33.0 Å². The number of carbonyl (C=O) groups excluding carboxylic acids is 2. The van der Waals surface area contributed by atoms with Crippen molar-refractivity contribution >= 4 is 34.7 Å². The Bertz CT molecular complexity index is 1230. The molecule has 7 nitrogen and oxygen atoms in total. The number of pyridine rings is 1. The second-order valence-electron chi connectivity index (χ2n) is 7.64. The first kappa shape index (κ1) is 21.8. The van der Waals surface area contributed by atoms with Crippen molar-refractivity contribution in [2.45, 2.75) is 33.6 Å². The van der Waals surface area contributed by atoms with Gasteiger partial charge in [0.1, 0.15) is 5.57 Å². The van der Waals surface area contributed by atoms with Crippen molar-refractivity contribution in [2.24, 2.45) is 0 Å². The van der Waals surface area contributed by atoms with Crippen LogP contribution >= 0.6 is 11.6 Å². The minimum atomic E-state index is -0.470. The summed E-state index contributed by atoms with van der Waals surface area (Å²) >= 11 is 5.98. The van der Waals surface area contributed by atoms with Gasteiger partial charge in [-0.1, -0.05) is 25.4 Å². The van der Waals surface area contributed by atoms with Crippen molar-refractivity contribution in [1.82, 2.24) is 14.7 Å². The number of halogens is 1. The number of benzene rings is 1. The summed E-state index contributed by atoms with van der Waals surface area (Å²) in [6.45, 7) is 5.97. The lowest BCUT2D eigenvalue weighted by Crippen LogP contribution is -2.39. The molecule has 0 unspecified atom stereocenters. The van der Waals surface area contributed by atoms with Gasteiger partial charge in [0.15, 0.2) is 12.4 Å². The average molecular weight is 451 g/mol. The average Bonchev–Trinajstić information content (AvgIpc) is 3.23. The van der Waals surface area contributed by atoms with Crippen LogP contribution in [0.4, 0.5) is 0 Å². The smallest absolute Gasteiger partial charge is 0.326 e. The van der Waals surface area contributed by atoms with Gasteiger partial charge in [-0.15, -0.1) is 0 Å². The normalized spacial score (nSPS) is 14.1. The summed E-state index contributed by atoms with van der Waals surface area (Å²) in [7, 11) is 0. The van der Waals surface area contributed by atoms with Gasteiger partial charge in [-0.2, -0.15) is 9.67 Å². The summed E-state index contributed by atoms with van der Waals surface area (Å²) in [6.07, 6.45) is 4.50. The fourth-order valence-corrected chi connectivity index (χ4v) is 3.93. The van der Waals surface area contributed by atoms with Gasteiger partial charge in [-0.05, 0) is 55.5 Å². The first-order chi connectivity index (χ1) is 15.4. The maximum atomic E-state index is 13.5. The van der Waals surface area contributed by atoms with Crippen molar-refractivity contribution in [1.29, 1.82) is 0 Å². The van der Waals surface area contributed by atoms with E-state index < -0.39 is 17.7 Å². The van der Waals surface area contributed by atoms with Crippen LogP contribution in [0.15, 0.2) is 48.8 Å². The summed E-state index contributed by atoms with van der Waals surface area (Å²) in [6, 6.07) is 10.4. The molecule has 0 atom stereocenters. The van der Waals surface area contributed by atoms with Crippen LogP contribution in [0.25, 0.3) is 17.0 Å². The Kier molecular flexibility index (Phi) is 5.84. The molecule has 1 aliphatic heterocycles. The van der Waals surface area contributed by atoms with Crippen LogP contribution in [0.5, 0.6) is 5.88 Å². The molecule has 8 heteroatoms. The molecule has 0 radical (unpaired) electrons. The summed E-state index contributed by atoms with van der Waals surface area (Å²) in [4.78, 5) is 27.9. The van der Waals surface area contributed by atoms with Crippen LogP contribution in [0, 0.1) is 6.92 Å². The van der Waals surface area contributed by atoms with Crippen molar-refractivity contribution in [3.63, 3.8) is 0 Å². The quantitative estimate of drug-likeness (QED) is 0.427. The molecular weight excluding hydrogens is 428 g/mol. The first-order valence-electron chi connectivity index (χ1n) is 10.5. The molecule has 0 fully saturated rings. The van der Waals surface area contributed by atoms with E-state index in [1.54, 1.807) is 41.2 Å². The van der Waals surface area contributed by atoms with E-state index in [4.69, 9.17) is 11.6 Å². The van der Waals surface area contributed by atoms with Crippen molar-refractivity contribution < 1.29 is 19.3 Å². The highest BCUT2D eigenvalue weighted by molar-refractivity contribution is 6.44. The second-order valence-corrected chi connectivity index (χ2v) is 8.07. The highest BCUT2D eigenvalue weighted by atomic mass is 35.5. The molecule has 1 aliphatic rings. The van der Waals surface area contributed by atoms with E-state index in [0.29, 0.717) is 29.2 Å². The zero-order valence-corrected chi connectivity index (χ0v) is 18.9. The first-order valence-corrected chi connectivity index (χ1v) is 10.9. The Morgan fingerprint density at radius 3 is 2.28 bits per heavy atom. The molecule has 0 aliphatic carbocycles. The van der Waals surface area contributed by atoms with Crippen LogP contribution in [0.3, 0.4) is 0 Å². The fraction of sp³-hybridized carbons (Fsp3) is 0.250. The standard InChI is InChI=1S/C24H23ClN4O3/c1-4-12-28-22(30)20(21(24(28)32)27-13-10-15(3)11-14-27)19-18(5-2)26-29(23(19)31)17-8-6-16(25)7-9-17/h6-11,13-14H,4-5,12H2,1-3H3. The largest absolute Gasteiger partial charge is 0.858 e. The summed E-state index contributed by atoms with van der Waals surface area (Å²) in [5, 5.41) is 18.5. The lowest BCUT2D eigenvalue weighted by atomic mass is 10.0. The summed E-state index contributed by atoms with van der Waals surface area (Å²) < 4.78 is 2.87. The third-order valence-electron chi connectivity index (χ3n) is 5.42. The number of amides is 2. The molecule has 4 rings (SSSR count). The van der Waals surface area contributed by atoms with Gasteiger partial charge in [0.25, 0.3) is 11.6 Å². The number of hydrogen-bond acceptors (Lipinski definition) is 4. The minimum absolute atomic E-state index is 0.0966. The summed E-state index contributed by atoms with van der Waals surface area (Å²) in [5.74, 6) is -1.33. The Balaban J connectivity index is 1.97. The molecular formula is C24H23ClN4O3. The molecule has 0 bridgehead atoms. The molecule has 0 saturated heterocycles. The number of rotatable bonds is 6. The van der Waals surface area contributed by atoms with E-state index in [0.717, 1.165) is 5.56 Å². The highest BCUT2D eigenvalue weighted by Gasteiger charge is 2.46. The molecule has 164 valence electrons. The molecule has 0 saturated carbocycles. The highest BCUT2D eigenvalue weighted by Crippen LogP contribution is 2.37. The van der Waals surface area contributed by atoms with E-state index in [-0.39, 0.29) is 23.4 Å². The predicted octanol–water partition coefficient (Wildman–Crippen LogP) is 2.90. The Labute approximate surface area is 191 Å². The lowest BCUT2D eigenvalue weighted by molar-refractivity contribution is -0.577. The van der Waals surface area contributed by atoms with Gasteiger partial charge in [0.05, 0.1) is 11.4 Å². The Morgan fingerprint density at radius 2 is 1.69 bits per heavy atom. The van der Waals surface area contributed by atoms with E-state index in [9.17, 15) is 14.7 Å². The van der Waals surface area contributed by atoms with Crippen LogP contribution < -0.4 is 9.67 Å². The van der Waals surface area contributed by atoms with Gasteiger partial charge in [0, 0.05) is 29.3 Å². The zero-order chi connectivity index (χ0) is 23.0. The van der Waals surface area contributed by atoms with Gasteiger partial charge < -0.3 is 5.11 Å². The molecule has 32 heavy (non-hydrogen) atoms. The molecule has 2 amide bonds. The second kappa shape index (κ2) is 8.59. The van der Waals surface area contributed by atoms with E-state index in [1.807, 2.05) is 32.9 Å². The van der Waals surface area contributed by atoms with Gasteiger partial charge in [-0.3, -0.25) is 14.5 Å². The van der Waals surface area contributed by atoms with Crippen LogP contribution in [0.1, 0.15) is 37.1 Å². The molecule has 3 aromatic rings. The van der Waals surface area contributed by atoms with E-state index in [1.165, 1.54) is 9.58 Å². The molecule has 0 N–H and O–H groups in total. The van der Waals surface area contributed by atoms with Crippen molar-refractivity contribution in [3.05, 3.63) is 70.6 Å². The SMILES string of the molecule is CCCN1C(=O)C(c2c(CC)nn(-c3ccc(Cl)cc3)c2[O-])=C([n+]2ccc(C)cc2)C1=O. The molecule has 1 aromatic carbocycles. The molecule has 3 heterocycles. The third-order valence-corrected chi connectivity index (χ3v) is 5.67. The maximum Gasteiger partial charge on any atom is 0.326 e. The van der Waals surface area contributed by atoms with Gasteiger partial charge in [-0.25, -0.2) is 4.68 Å². The molecule has 0 spiro atoms. The zero-order valence-electron chi connectivity index (χ0n) is 18.1. The number of aryl methyl sites for hydroxylation is 2. The Hall–Kier alpha value is -3.45. The van der Waals surface area contributed by atoms with E-state index >= 15 is 0 Å². The number of imide groups is 1. The van der Waals surface area contributed by atoms with Crippen LogP contribution in [0.2, 0.25) is 5.02 Å². The predicted molar refractivity (Wildman–Crippen MR) is 119 cm³/mol. The monoisotopic (exact) mass is 450 g/mol. The molecule has 2 aromatic heterocycles.